The molecule has 0 bridgehead atoms. The van der Waals surface area contributed by atoms with Gasteiger partial charge in [-0.3, -0.25) is 24.0 Å². The van der Waals surface area contributed by atoms with Gasteiger partial charge in [-0.25, -0.2) is 0 Å². The van der Waals surface area contributed by atoms with Crippen molar-refractivity contribution in [3.63, 3.8) is 0 Å². The number of amides is 3. The molecule has 6 aromatic rings. The number of thioether (sulfide) groups is 1. The van der Waals surface area contributed by atoms with Crippen LogP contribution in [0.25, 0.3) is 6.08 Å². The Kier molecular flexibility index (Phi) is 11.8. The van der Waals surface area contributed by atoms with E-state index in [0.717, 1.165) is 5.56 Å². The van der Waals surface area contributed by atoms with Crippen LogP contribution in [0.3, 0.4) is 0 Å². The maximum atomic E-state index is 13.8. The van der Waals surface area contributed by atoms with Crippen LogP contribution >= 0.6 is 11.8 Å². The minimum absolute atomic E-state index is 0.0209. The lowest BCUT2D eigenvalue weighted by Crippen LogP contribution is -2.30. The number of nitrogens with one attached hydrogen (secondary N) is 3. The van der Waals surface area contributed by atoms with Gasteiger partial charge in [-0.15, -0.1) is 11.8 Å². The second kappa shape index (κ2) is 17.6. The van der Waals surface area contributed by atoms with Crippen LogP contribution in [0.4, 0.5) is 11.4 Å². The number of hydrogen-bond donors (Lipinski definition) is 3. The molecule has 0 aliphatic heterocycles. The molecule has 0 saturated carbocycles. The van der Waals surface area contributed by atoms with Crippen molar-refractivity contribution in [2.75, 3.05) is 10.6 Å². The van der Waals surface area contributed by atoms with Crippen molar-refractivity contribution in [2.24, 2.45) is 0 Å². The second-order valence-electron chi connectivity index (χ2n) is 13.1. The third-order valence-electron chi connectivity index (χ3n) is 9.21. The molecule has 282 valence electrons. The predicted octanol–water partition coefficient (Wildman–Crippen LogP) is 8.96. The fourth-order valence-corrected chi connectivity index (χ4v) is 7.32. The van der Waals surface area contributed by atoms with Crippen LogP contribution in [0, 0.1) is 0 Å². The molecule has 0 fully saturated rings. The Labute approximate surface area is 334 Å². The number of carbonyl (C=O) groups is 5. The van der Waals surface area contributed by atoms with Crippen LogP contribution in [-0.2, 0) is 16.2 Å². The normalized spacial score (nSPS) is 12.5. The van der Waals surface area contributed by atoms with E-state index in [9.17, 15) is 24.0 Å². The summed E-state index contributed by atoms with van der Waals surface area (Å²) in [6, 6.07) is 44.2. The van der Waals surface area contributed by atoms with Crippen LogP contribution < -0.4 is 20.7 Å². The molecule has 3 amide bonds. The lowest BCUT2D eigenvalue weighted by atomic mass is 9.83. The van der Waals surface area contributed by atoms with Crippen molar-refractivity contribution < 1.29 is 28.7 Å². The van der Waals surface area contributed by atoms with E-state index in [4.69, 9.17) is 4.74 Å². The van der Waals surface area contributed by atoms with Gasteiger partial charge in [-0.05, 0) is 72.2 Å². The predicted molar refractivity (Wildman–Crippen MR) is 222 cm³/mol. The average molecular weight is 772 g/mol. The van der Waals surface area contributed by atoms with Crippen molar-refractivity contribution >= 4 is 58.5 Å². The highest BCUT2D eigenvalue weighted by Crippen LogP contribution is 2.34. The molecule has 0 aromatic heterocycles. The van der Waals surface area contributed by atoms with Crippen molar-refractivity contribution in [1.29, 1.82) is 0 Å². The van der Waals surface area contributed by atoms with Gasteiger partial charge < -0.3 is 20.7 Å². The molecule has 3 N–H and O–H groups in total. The maximum Gasteiger partial charge on any atom is 0.272 e. The summed E-state index contributed by atoms with van der Waals surface area (Å²) in [6.45, 7) is 2.29. The van der Waals surface area contributed by atoms with Gasteiger partial charge in [-0.2, -0.15) is 0 Å². The highest BCUT2D eigenvalue weighted by atomic mass is 32.2. The van der Waals surface area contributed by atoms with Crippen molar-refractivity contribution in [2.45, 2.75) is 30.1 Å². The van der Waals surface area contributed by atoms with Crippen LogP contribution in [0.1, 0.15) is 66.7 Å². The molecule has 10 heteroatoms. The summed E-state index contributed by atoms with van der Waals surface area (Å²) in [5, 5.41) is 7.98. The Morgan fingerprint density at radius 3 is 2.05 bits per heavy atom. The van der Waals surface area contributed by atoms with Gasteiger partial charge in [0.1, 0.15) is 18.1 Å². The number of benzene rings is 6. The Morgan fingerprint density at radius 2 is 1.33 bits per heavy atom. The van der Waals surface area contributed by atoms with E-state index in [2.05, 4.69) is 16.0 Å². The molecule has 1 unspecified atom stereocenters. The fourth-order valence-electron chi connectivity index (χ4n) is 6.30. The highest BCUT2D eigenvalue weighted by Gasteiger charge is 2.32. The number of carbonyl (C=O) groups excluding carboxylic acids is 5. The van der Waals surface area contributed by atoms with Gasteiger partial charge in [0.2, 0.25) is 5.91 Å². The summed E-state index contributed by atoms with van der Waals surface area (Å²) in [5.41, 5.74) is 3.90. The number of fused-ring (bicyclic) bond motifs is 2. The van der Waals surface area contributed by atoms with E-state index in [1.54, 1.807) is 121 Å². The first-order chi connectivity index (χ1) is 27.8. The van der Waals surface area contributed by atoms with E-state index in [1.165, 1.54) is 11.8 Å². The molecular weight excluding hydrogens is 735 g/mol. The SMILES string of the molecule is CCC(Sc1cccc(NC(=O)/C(=C\c2ccc(OCc3ccccc3)cc2)NC(=O)c2ccccc2)c1)C(=O)Nc1cccc2c1C(=O)c1ccccc1C2=O. The van der Waals surface area contributed by atoms with E-state index in [-0.39, 0.29) is 40.0 Å². The number of hydrogen-bond acceptors (Lipinski definition) is 7. The zero-order valence-corrected chi connectivity index (χ0v) is 31.7. The minimum atomic E-state index is -0.575. The lowest BCUT2D eigenvalue weighted by molar-refractivity contribution is -0.116. The van der Waals surface area contributed by atoms with E-state index < -0.39 is 17.1 Å². The smallest absolute Gasteiger partial charge is 0.272 e. The minimum Gasteiger partial charge on any atom is -0.489 e. The van der Waals surface area contributed by atoms with Gasteiger partial charge in [0.25, 0.3) is 11.8 Å². The molecule has 7 rings (SSSR count). The molecule has 0 radical (unpaired) electrons. The van der Waals surface area contributed by atoms with Gasteiger partial charge in [-0.1, -0.05) is 110 Å². The van der Waals surface area contributed by atoms with Gasteiger partial charge in [0.05, 0.1) is 16.5 Å². The topological polar surface area (TPSA) is 131 Å². The molecule has 0 spiro atoms. The number of ketones is 2. The van der Waals surface area contributed by atoms with Crippen LogP contribution in [0.2, 0.25) is 0 Å². The standard InChI is InChI=1S/C47H37N3O6S/c1-2-41(47(55)49-39-22-12-21-38-42(39)44(52)37-20-10-9-19-36(37)43(38)51)57-35-18-11-17-33(28-35)48-46(54)40(50-45(53)32-15-7-4-8-16-32)27-30-23-25-34(26-24-30)56-29-31-13-5-3-6-14-31/h3-28,41H,2,29H2,1H3,(H,48,54)(H,49,55)(H,50,53)/b40-27+. The van der Waals surface area contributed by atoms with E-state index >= 15 is 0 Å². The summed E-state index contributed by atoms with van der Waals surface area (Å²) in [5.74, 6) is -1.27. The third-order valence-corrected chi connectivity index (χ3v) is 10.6. The number of rotatable bonds is 13. The maximum absolute atomic E-state index is 13.8. The van der Waals surface area contributed by atoms with Crippen LogP contribution in [0.5, 0.6) is 5.75 Å². The Morgan fingerprint density at radius 1 is 0.684 bits per heavy atom. The largest absolute Gasteiger partial charge is 0.489 e. The molecule has 1 aliphatic rings. The first-order valence-electron chi connectivity index (χ1n) is 18.3. The van der Waals surface area contributed by atoms with Gasteiger partial charge in [0, 0.05) is 32.8 Å². The van der Waals surface area contributed by atoms with Crippen LogP contribution in [-0.4, -0.2) is 34.5 Å². The molecule has 0 saturated heterocycles. The summed E-state index contributed by atoms with van der Waals surface area (Å²) >= 11 is 1.30. The summed E-state index contributed by atoms with van der Waals surface area (Å²) in [4.78, 5) is 68.1. The summed E-state index contributed by atoms with van der Waals surface area (Å²) in [7, 11) is 0. The average Bonchev–Trinajstić information content (AvgIpc) is 3.25. The van der Waals surface area contributed by atoms with Gasteiger partial charge >= 0.3 is 0 Å². The Balaban J connectivity index is 1.06. The van der Waals surface area contributed by atoms with Crippen molar-refractivity contribution in [1.82, 2.24) is 5.32 Å². The van der Waals surface area contributed by atoms with Crippen molar-refractivity contribution in [3.05, 3.63) is 196 Å². The third kappa shape index (κ3) is 9.09. The lowest BCUT2D eigenvalue weighted by Gasteiger charge is -2.21. The molecule has 1 aliphatic carbocycles. The summed E-state index contributed by atoms with van der Waals surface area (Å²) in [6.07, 6.45) is 2.04. The summed E-state index contributed by atoms with van der Waals surface area (Å²) < 4.78 is 5.91. The first kappa shape index (κ1) is 38.2. The zero-order chi connectivity index (χ0) is 39.7. The molecule has 57 heavy (non-hydrogen) atoms. The Hall–Kier alpha value is -7.04. The number of ether oxygens (including phenoxy) is 1. The first-order valence-corrected chi connectivity index (χ1v) is 19.2. The molecule has 0 heterocycles. The Bertz CT molecular complexity index is 2500. The molecule has 1 atom stereocenters. The molecule has 9 nitrogen and oxygen atoms in total. The van der Waals surface area contributed by atoms with E-state index in [1.807, 2.05) is 43.3 Å². The zero-order valence-electron chi connectivity index (χ0n) is 30.9. The quantitative estimate of drug-likeness (QED) is 0.0788. The second-order valence-corrected chi connectivity index (χ2v) is 14.4. The van der Waals surface area contributed by atoms with Crippen molar-refractivity contribution in [3.8, 4) is 5.75 Å². The molecule has 6 aromatic carbocycles. The van der Waals surface area contributed by atoms with Crippen LogP contribution in [0.15, 0.2) is 162 Å². The molecular formula is C47H37N3O6S. The highest BCUT2D eigenvalue weighted by molar-refractivity contribution is 8.00. The van der Waals surface area contributed by atoms with E-state index in [0.29, 0.717) is 51.6 Å². The fraction of sp³-hybridized carbons (Fsp3) is 0.0851. The van der Waals surface area contributed by atoms with Gasteiger partial charge in [0.15, 0.2) is 11.6 Å². The monoisotopic (exact) mass is 771 g/mol. The number of anilines is 2.